The second kappa shape index (κ2) is 8.84. The molecule has 1 aromatic carbocycles. The van der Waals surface area contributed by atoms with Crippen molar-refractivity contribution in [3.63, 3.8) is 0 Å². The van der Waals surface area contributed by atoms with Gasteiger partial charge in [0.25, 0.3) is 0 Å². The van der Waals surface area contributed by atoms with Crippen molar-refractivity contribution < 1.29 is 0 Å². The Balaban J connectivity index is 1.28. The van der Waals surface area contributed by atoms with Crippen molar-refractivity contribution in [3.05, 3.63) is 64.7 Å². The molecule has 0 spiro atoms. The summed E-state index contributed by atoms with van der Waals surface area (Å²) in [6.45, 7) is 6.54. The topological polar surface area (TPSA) is 41.1 Å². The number of hydrogen-bond donors (Lipinski definition) is 1. The number of nitrogens with zero attached hydrogens (tertiary/aromatic N) is 3. The third-order valence-corrected chi connectivity index (χ3v) is 6.20. The van der Waals surface area contributed by atoms with Crippen LogP contribution in [0.2, 0.25) is 0 Å². The monoisotopic (exact) mass is 392 g/mol. The first-order chi connectivity index (χ1) is 13.7. The van der Waals surface area contributed by atoms with Crippen LogP contribution < -0.4 is 10.2 Å². The molecule has 1 N–H and O–H groups in total. The maximum Gasteiger partial charge on any atom is 0.0901 e. The maximum absolute atomic E-state index is 4.58. The lowest BCUT2D eigenvalue weighted by Gasteiger charge is -2.35. The molecule has 4 nitrogen and oxygen atoms in total. The standard InChI is InChI=1S/C23H28N4S/c1-17(14-19-4-3-11-24-15-19)25-21-9-12-27(13-10-21)22-7-5-20(6-8-22)23-16-28-18(2)26-23/h3-8,11,15-17,21,25H,9-10,12-14H2,1-2H3/t17-/m1/s1. The molecule has 0 aliphatic carbocycles. The Bertz CT molecular complexity index is 867. The molecular formula is C23H28N4S. The first kappa shape index (κ1) is 19.1. The van der Waals surface area contributed by atoms with Crippen LogP contribution in [-0.2, 0) is 6.42 Å². The van der Waals surface area contributed by atoms with Gasteiger partial charge in [0, 0.05) is 54.2 Å². The van der Waals surface area contributed by atoms with Gasteiger partial charge in [-0.05, 0) is 56.9 Å². The van der Waals surface area contributed by atoms with Crippen LogP contribution in [0.4, 0.5) is 5.69 Å². The fourth-order valence-electron chi connectivity index (χ4n) is 3.98. The zero-order chi connectivity index (χ0) is 19.3. The van der Waals surface area contributed by atoms with Crippen molar-refractivity contribution in [1.82, 2.24) is 15.3 Å². The Labute approximate surface area is 171 Å². The van der Waals surface area contributed by atoms with Crippen LogP contribution in [-0.4, -0.2) is 35.1 Å². The summed E-state index contributed by atoms with van der Waals surface area (Å²) in [5.74, 6) is 0. The SMILES string of the molecule is Cc1nc(-c2ccc(N3CCC(N[C@H](C)Cc4cccnc4)CC3)cc2)cs1. The van der Waals surface area contributed by atoms with Gasteiger partial charge in [0.05, 0.1) is 10.7 Å². The highest BCUT2D eigenvalue weighted by atomic mass is 32.1. The number of piperidine rings is 1. The molecule has 1 atom stereocenters. The van der Waals surface area contributed by atoms with Gasteiger partial charge < -0.3 is 10.2 Å². The van der Waals surface area contributed by atoms with Gasteiger partial charge >= 0.3 is 0 Å². The van der Waals surface area contributed by atoms with Crippen LogP contribution in [0.5, 0.6) is 0 Å². The van der Waals surface area contributed by atoms with Gasteiger partial charge in [0.1, 0.15) is 0 Å². The number of aromatic nitrogens is 2. The van der Waals surface area contributed by atoms with E-state index in [1.165, 1.54) is 29.7 Å². The summed E-state index contributed by atoms with van der Waals surface area (Å²) < 4.78 is 0. The van der Waals surface area contributed by atoms with Crippen molar-refractivity contribution in [2.45, 2.75) is 45.2 Å². The lowest BCUT2D eigenvalue weighted by molar-refractivity contribution is 0.375. The van der Waals surface area contributed by atoms with Gasteiger partial charge in [-0.1, -0.05) is 18.2 Å². The fraction of sp³-hybridized carbons (Fsp3) is 0.391. The summed E-state index contributed by atoms with van der Waals surface area (Å²) in [5.41, 5.74) is 4.90. The molecule has 1 aliphatic rings. The van der Waals surface area contributed by atoms with Crippen LogP contribution in [0.1, 0.15) is 30.3 Å². The molecule has 4 rings (SSSR count). The van der Waals surface area contributed by atoms with Gasteiger partial charge in [-0.15, -0.1) is 11.3 Å². The Morgan fingerprint density at radius 2 is 1.96 bits per heavy atom. The predicted octanol–water partition coefficient (Wildman–Crippen LogP) is 4.70. The van der Waals surface area contributed by atoms with Gasteiger partial charge in [-0.25, -0.2) is 4.98 Å². The van der Waals surface area contributed by atoms with Crippen molar-refractivity contribution in [1.29, 1.82) is 0 Å². The van der Waals surface area contributed by atoms with Crippen molar-refractivity contribution in [2.24, 2.45) is 0 Å². The molecule has 1 fully saturated rings. The Morgan fingerprint density at radius 1 is 1.18 bits per heavy atom. The van der Waals surface area contributed by atoms with E-state index in [0.717, 1.165) is 30.2 Å². The average Bonchev–Trinajstić information content (AvgIpc) is 3.16. The predicted molar refractivity (Wildman–Crippen MR) is 118 cm³/mol. The quantitative estimate of drug-likeness (QED) is 0.660. The largest absolute Gasteiger partial charge is 0.371 e. The summed E-state index contributed by atoms with van der Waals surface area (Å²) in [5, 5.41) is 7.06. The summed E-state index contributed by atoms with van der Waals surface area (Å²) in [6, 6.07) is 14.1. The van der Waals surface area contributed by atoms with E-state index in [1.54, 1.807) is 11.3 Å². The molecule has 1 aliphatic heterocycles. The van der Waals surface area contributed by atoms with Crippen molar-refractivity contribution in [3.8, 4) is 11.3 Å². The zero-order valence-corrected chi connectivity index (χ0v) is 17.5. The summed E-state index contributed by atoms with van der Waals surface area (Å²) in [4.78, 5) is 11.3. The summed E-state index contributed by atoms with van der Waals surface area (Å²) >= 11 is 1.70. The minimum absolute atomic E-state index is 0.474. The van der Waals surface area contributed by atoms with Crippen molar-refractivity contribution in [2.75, 3.05) is 18.0 Å². The second-order valence-electron chi connectivity index (χ2n) is 7.69. The lowest BCUT2D eigenvalue weighted by Crippen LogP contribution is -2.46. The van der Waals surface area contributed by atoms with E-state index in [9.17, 15) is 0 Å². The molecule has 5 heteroatoms. The third kappa shape index (κ3) is 4.78. The van der Waals surface area contributed by atoms with E-state index < -0.39 is 0 Å². The molecular weight excluding hydrogens is 364 g/mol. The number of rotatable bonds is 6. The number of anilines is 1. The van der Waals surface area contributed by atoms with Gasteiger partial charge in [0.2, 0.25) is 0 Å². The smallest absolute Gasteiger partial charge is 0.0901 e. The molecule has 28 heavy (non-hydrogen) atoms. The lowest BCUT2D eigenvalue weighted by atomic mass is 10.0. The average molecular weight is 393 g/mol. The molecule has 0 amide bonds. The number of benzene rings is 1. The van der Waals surface area contributed by atoms with Gasteiger partial charge in [-0.3, -0.25) is 4.98 Å². The van der Waals surface area contributed by atoms with Gasteiger partial charge in [0.15, 0.2) is 0 Å². The van der Waals surface area contributed by atoms with Crippen LogP contribution in [0.15, 0.2) is 54.2 Å². The van der Waals surface area contributed by atoms with E-state index in [2.05, 4.69) is 69.7 Å². The number of aryl methyl sites for hydroxylation is 1. The summed E-state index contributed by atoms with van der Waals surface area (Å²) in [7, 11) is 0. The first-order valence-corrected chi connectivity index (χ1v) is 11.0. The zero-order valence-electron chi connectivity index (χ0n) is 16.6. The molecule has 0 bridgehead atoms. The number of nitrogens with one attached hydrogen (secondary N) is 1. The van der Waals surface area contributed by atoms with Gasteiger partial charge in [-0.2, -0.15) is 0 Å². The second-order valence-corrected chi connectivity index (χ2v) is 8.76. The van der Waals surface area contributed by atoms with E-state index >= 15 is 0 Å². The van der Waals surface area contributed by atoms with E-state index in [-0.39, 0.29) is 0 Å². The highest BCUT2D eigenvalue weighted by Gasteiger charge is 2.21. The molecule has 2 aromatic heterocycles. The molecule has 146 valence electrons. The van der Waals surface area contributed by atoms with E-state index in [0.29, 0.717) is 12.1 Å². The molecule has 0 radical (unpaired) electrons. The molecule has 3 aromatic rings. The third-order valence-electron chi connectivity index (χ3n) is 5.43. The van der Waals surface area contributed by atoms with E-state index in [4.69, 9.17) is 0 Å². The first-order valence-electron chi connectivity index (χ1n) is 10.1. The van der Waals surface area contributed by atoms with Crippen LogP contribution in [0.3, 0.4) is 0 Å². The number of pyridine rings is 1. The highest BCUT2D eigenvalue weighted by Crippen LogP contribution is 2.26. The number of hydrogen-bond acceptors (Lipinski definition) is 5. The Hall–Kier alpha value is -2.24. The molecule has 0 unspecified atom stereocenters. The summed E-state index contributed by atoms with van der Waals surface area (Å²) in [6.07, 6.45) is 7.21. The molecule has 3 heterocycles. The Morgan fingerprint density at radius 3 is 2.61 bits per heavy atom. The van der Waals surface area contributed by atoms with E-state index in [1.807, 2.05) is 18.5 Å². The van der Waals surface area contributed by atoms with Crippen LogP contribution >= 0.6 is 11.3 Å². The fourth-order valence-corrected chi connectivity index (χ4v) is 4.60. The van der Waals surface area contributed by atoms with Crippen molar-refractivity contribution >= 4 is 17.0 Å². The van der Waals surface area contributed by atoms with Crippen LogP contribution in [0, 0.1) is 6.92 Å². The minimum Gasteiger partial charge on any atom is -0.371 e. The maximum atomic E-state index is 4.58. The van der Waals surface area contributed by atoms with Crippen LogP contribution in [0.25, 0.3) is 11.3 Å². The number of thiazole rings is 1. The Kier molecular flexibility index (Phi) is 6.03. The normalized spacial score (nSPS) is 16.3. The minimum atomic E-state index is 0.474. The highest BCUT2D eigenvalue weighted by molar-refractivity contribution is 7.09. The molecule has 1 saturated heterocycles. The molecule has 0 saturated carbocycles.